The van der Waals surface area contributed by atoms with Crippen LogP contribution in [0.15, 0.2) is 40.8 Å². The molecule has 0 aliphatic carbocycles. The molecule has 2 aromatic rings. The van der Waals surface area contributed by atoms with Crippen LogP contribution in [0.25, 0.3) is 0 Å². The molecule has 92 valence electrons. The van der Waals surface area contributed by atoms with Crippen molar-refractivity contribution in [2.45, 2.75) is 0 Å². The minimum atomic E-state index is -0.411. The molecule has 1 heterocycles. The molecule has 6 heteroatoms. The van der Waals surface area contributed by atoms with Gasteiger partial charge >= 0.3 is 0 Å². The summed E-state index contributed by atoms with van der Waals surface area (Å²) in [5.41, 5.74) is 6.69. The van der Waals surface area contributed by atoms with Crippen molar-refractivity contribution in [2.24, 2.45) is 5.73 Å². The fourth-order valence-corrected chi connectivity index (χ4v) is 1.75. The average molecular weight is 281 g/mol. The van der Waals surface area contributed by atoms with Crippen LogP contribution < -0.4 is 11.1 Å². The number of anilines is 1. The summed E-state index contributed by atoms with van der Waals surface area (Å²) in [6.45, 7) is 0. The molecule has 0 aliphatic heterocycles. The SMILES string of the molecule is NC(=S)c1ccccc1NC(=O)c1ccc(Cl)o1. The van der Waals surface area contributed by atoms with E-state index in [1.807, 2.05) is 0 Å². The number of thiocarbonyl (C=S) groups is 1. The molecule has 0 saturated heterocycles. The van der Waals surface area contributed by atoms with E-state index >= 15 is 0 Å². The second-order valence-corrected chi connectivity index (χ2v) is 4.28. The second-order valence-electron chi connectivity index (χ2n) is 3.47. The lowest BCUT2D eigenvalue weighted by Gasteiger charge is -2.08. The van der Waals surface area contributed by atoms with E-state index in [2.05, 4.69) is 5.32 Å². The number of carbonyl (C=O) groups excluding carboxylic acids is 1. The van der Waals surface area contributed by atoms with Gasteiger partial charge in [0.25, 0.3) is 5.91 Å². The molecule has 3 N–H and O–H groups in total. The number of carbonyl (C=O) groups is 1. The molecular weight excluding hydrogens is 272 g/mol. The minimum absolute atomic E-state index is 0.123. The molecule has 0 radical (unpaired) electrons. The van der Waals surface area contributed by atoms with Crippen LogP contribution in [-0.4, -0.2) is 10.9 Å². The maximum atomic E-state index is 11.9. The Morgan fingerprint density at radius 2 is 2.00 bits per heavy atom. The van der Waals surface area contributed by atoms with Crippen molar-refractivity contribution in [3.8, 4) is 0 Å². The van der Waals surface area contributed by atoms with Crippen LogP contribution in [0.2, 0.25) is 5.22 Å². The van der Waals surface area contributed by atoms with E-state index in [9.17, 15) is 4.79 Å². The molecule has 0 fully saturated rings. The third-order valence-corrected chi connectivity index (χ3v) is 2.66. The molecule has 0 spiro atoms. The number of hydrogen-bond donors (Lipinski definition) is 2. The van der Waals surface area contributed by atoms with Gasteiger partial charge in [-0.1, -0.05) is 24.4 Å². The van der Waals surface area contributed by atoms with Crippen LogP contribution >= 0.6 is 23.8 Å². The summed E-state index contributed by atoms with van der Waals surface area (Å²) in [6.07, 6.45) is 0. The first kappa shape index (κ1) is 12.6. The number of nitrogens with two attached hydrogens (primary N) is 1. The van der Waals surface area contributed by atoms with Crippen molar-refractivity contribution >= 4 is 40.4 Å². The average Bonchev–Trinajstić information content (AvgIpc) is 2.76. The highest BCUT2D eigenvalue weighted by Gasteiger charge is 2.13. The Bertz CT molecular complexity index is 610. The predicted octanol–water partition coefficient (Wildman–Crippen LogP) is 2.82. The number of rotatable bonds is 3. The lowest BCUT2D eigenvalue weighted by Crippen LogP contribution is -2.17. The standard InChI is InChI=1S/C12H9ClN2O2S/c13-10-6-5-9(17-10)12(16)15-8-4-2-1-3-7(8)11(14)18/h1-6H,(H2,14,18)(H,15,16). The largest absolute Gasteiger partial charge is 0.440 e. The Kier molecular flexibility index (Phi) is 3.64. The van der Waals surface area contributed by atoms with Gasteiger partial charge in [-0.25, -0.2) is 0 Å². The molecule has 0 bridgehead atoms. The zero-order valence-electron chi connectivity index (χ0n) is 9.14. The van der Waals surface area contributed by atoms with E-state index in [-0.39, 0.29) is 16.0 Å². The molecular formula is C12H9ClN2O2S. The maximum Gasteiger partial charge on any atom is 0.291 e. The van der Waals surface area contributed by atoms with E-state index in [4.69, 9.17) is 34.0 Å². The third kappa shape index (κ3) is 2.69. The van der Waals surface area contributed by atoms with Crippen LogP contribution in [0.1, 0.15) is 16.1 Å². The molecule has 4 nitrogen and oxygen atoms in total. The third-order valence-electron chi connectivity index (χ3n) is 2.24. The summed E-state index contributed by atoms with van der Waals surface area (Å²) < 4.78 is 5.01. The molecule has 0 unspecified atom stereocenters. The quantitative estimate of drug-likeness (QED) is 0.849. The van der Waals surface area contributed by atoms with E-state index in [1.54, 1.807) is 24.3 Å². The Morgan fingerprint density at radius 1 is 1.28 bits per heavy atom. The molecule has 2 rings (SSSR count). The van der Waals surface area contributed by atoms with Crippen molar-refractivity contribution in [1.29, 1.82) is 0 Å². The van der Waals surface area contributed by atoms with Crippen LogP contribution in [-0.2, 0) is 0 Å². The van der Waals surface area contributed by atoms with Crippen LogP contribution in [0, 0.1) is 0 Å². The van der Waals surface area contributed by atoms with E-state index in [1.165, 1.54) is 12.1 Å². The van der Waals surface area contributed by atoms with E-state index in [0.717, 1.165) is 0 Å². The molecule has 18 heavy (non-hydrogen) atoms. The number of benzene rings is 1. The fraction of sp³-hybridized carbons (Fsp3) is 0. The summed E-state index contributed by atoms with van der Waals surface area (Å²) in [5.74, 6) is -0.289. The number of amides is 1. The van der Waals surface area contributed by atoms with Crippen LogP contribution in [0.3, 0.4) is 0 Å². The smallest absolute Gasteiger partial charge is 0.291 e. The lowest BCUT2D eigenvalue weighted by molar-refractivity contribution is 0.0997. The van der Waals surface area contributed by atoms with Gasteiger partial charge in [0.05, 0.1) is 5.69 Å². The first-order valence-electron chi connectivity index (χ1n) is 5.03. The fourth-order valence-electron chi connectivity index (χ4n) is 1.43. The van der Waals surface area contributed by atoms with Gasteiger partial charge in [-0.2, -0.15) is 0 Å². The van der Waals surface area contributed by atoms with Crippen LogP contribution in [0.5, 0.6) is 0 Å². The highest BCUT2D eigenvalue weighted by Crippen LogP contribution is 2.18. The molecule has 1 amide bonds. The number of halogens is 1. The molecule has 1 aromatic heterocycles. The Balaban J connectivity index is 2.24. The highest BCUT2D eigenvalue weighted by atomic mass is 35.5. The summed E-state index contributed by atoms with van der Waals surface area (Å²) in [4.78, 5) is 12.1. The normalized spacial score (nSPS) is 10.1. The van der Waals surface area contributed by atoms with Gasteiger partial charge in [0.15, 0.2) is 11.0 Å². The predicted molar refractivity (Wildman–Crippen MR) is 74.0 cm³/mol. The van der Waals surface area contributed by atoms with Gasteiger partial charge in [0.1, 0.15) is 4.99 Å². The number of para-hydroxylation sites is 1. The number of hydrogen-bond acceptors (Lipinski definition) is 3. The summed E-state index contributed by atoms with van der Waals surface area (Å²) >= 11 is 10.5. The number of nitrogens with one attached hydrogen (secondary N) is 1. The first-order chi connectivity index (χ1) is 8.58. The van der Waals surface area contributed by atoms with Crippen LogP contribution in [0.4, 0.5) is 5.69 Å². The van der Waals surface area contributed by atoms with Crippen molar-refractivity contribution in [2.75, 3.05) is 5.32 Å². The van der Waals surface area contributed by atoms with Crippen molar-refractivity contribution in [3.63, 3.8) is 0 Å². The topological polar surface area (TPSA) is 68.3 Å². The zero-order chi connectivity index (χ0) is 13.1. The minimum Gasteiger partial charge on any atom is -0.440 e. The van der Waals surface area contributed by atoms with Gasteiger partial charge in [-0.3, -0.25) is 4.79 Å². The van der Waals surface area contributed by atoms with Gasteiger partial charge in [-0.05, 0) is 35.9 Å². The van der Waals surface area contributed by atoms with Crippen molar-refractivity contribution < 1.29 is 9.21 Å². The molecule has 0 atom stereocenters. The molecule has 0 saturated carbocycles. The van der Waals surface area contributed by atoms with Crippen molar-refractivity contribution in [3.05, 3.63) is 52.9 Å². The Morgan fingerprint density at radius 3 is 2.61 bits per heavy atom. The van der Waals surface area contributed by atoms with Crippen molar-refractivity contribution in [1.82, 2.24) is 0 Å². The van der Waals surface area contributed by atoms with E-state index in [0.29, 0.717) is 11.3 Å². The van der Waals surface area contributed by atoms with E-state index < -0.39 is 5.91 Å². The first-order valence-corrected chi connectivity index (χ1v) is 5.82. The summed E-state index contributed by atoms with van der Waals surface area (Å²) in [7, 11) is 0. The van der Waals surface area contributed by atoms with Gasteiger partial charge in [0, 0.05) is 5.56 Å². The van der Waals surface area contributed by atoms with Gasteiger partial charge in [-0.15, -0.1) is 0 Å². The summed E-state index contributed by atoms with van der Waals surface area (Å²) in [5, 5.41) is 2.82. The molecule has 1 aromatic carbocycles. The maximum absolute atomic E-state index is 11.9. The highest BCUT2D eigenvalue weighted by molar-refractivity contribution is 7.80. The number of furan rings is 1. The van der Waals surface area contributed by atoms with Gasteiger partial charge in [0.2, 0.25) is 0 Å². The monoisotopic (exact) mass is 280 g/mol. The zero-order valence-corrected chi connectivity index (χ0v) is 10.7. The second kappa shape index (κ2) is 5.20. The van der Waals surface area contributed by atoms with Gasteiger partial charge < -0.3 is 15.5 Å². The molecule has 0 aliphatic rings. The lowest BCUT2D eigenvalue weighted by atomic mass is 10.1. The summed E-state index contributed by atoms with van der Waals surface area (Å²) in [6, 6.07) is 9.97. The Hall–Kier alpha value is -1.85. The Labute approximate surface area is 114 Å².